The molecule has 1 aromatic carbocycles. The number of halogens is 2. The van der Waals surface area contributed by atoms with Gasteiger partial charge in [0, 0.05) is 15.5 Å². The van der Waals surface area contributed by atoms with Crippen molar-refractivity contribution >= 4 is 35.1 Å². The second-order valence-corrected chi connectivity index (χ2v) is 8.32. The lowest BCUT2D eigenvalue weighted by atomic mass is 9.40. The van der Waals surface area contributed by atoms with Gasteiger partial charge >= 0.3 is 0 Å². The zero-order valence-corrected chi connectivity index (χ0v) is 14.3. The fourth-order valence-corrected chi connectivity index (χ4v) is 4.78. The van der Waals surface area contributed by atoms with Crippen LogP contribution in [0.15, 0.2) is 23.8 Å². The van der Waals surface area contributed by atoms with Gasteiger partial charge in [0.15, 0.2) is 5.78 Å². The molecule has 0 N–H and O–H groups in total. The van der Waals surface area contributed by atoms with Crippen molar-refractivity contribution in [2.45, 2.75) is 34.1 Å². The molecule has 0 saturated heterocycles. The lowest BCUT2D eigenvalue weighted by molar-refractivity contribution is -0.155. The van der Waals surface area contributed by atoms with Gasteiger partial charge in [-0.15, -0.1) is 0 Å². The van der Waals surface area contributed by atoms with E-state index >= 15 is 0 Å². The Kier molecular flexibility index (Phi) is 3.31. The van der Waals surface area contributed by atoms with Crippen LogP contribution in [-0.4, -0.2) is 5.78 Å². The maximum Gasteiger partial charge on any atom is 0.165 e. The van der Waals surface area contributed by atoms with Crippen LogP contribution < -0.4 is 0 Å². The highest BCUT2D eigenvalue weighted by atomic mass is 35.5. The normalized spacial score (nSPS) is 31.1. The highest BCUT2D eigenvalue weighted by Crippen LogP contribution is 2.66. The molecule has 3 aliphatic carbocycles. The molecule has 112 valence electrons. The standard InChI is InChI=1S/C18H20Cl2O/c1-17(2)13-9-15(17)18(3,4)16(21)12(13)7-10-5-6-11(19)8-14(10)20/h5-8,13,15H,9H2,1-4H3/b12-7-/t13-,15-/m1/s1. The number of carbonyl (C=O) groups is 1. The summed E-state index contributed by atoms with van der Waals surface area (Å²) in [5.41, 5.74) is 1.70. The Balaban J connectivity index is 2.08. The molecule has 0 unspecified atom stereocenters. The summed E-state index contributed by atoms with van der Waals surface area (Å²) in [7, 11) is 0. The predicted octanol–water partition coefficient (Wildman–Crippen LogP) is 5.65. The number of rotatable bonds is 1. The zero-order valence-electron chi connectivity index (χ0n) is 12.8. The van der Waals surface area contributed by atoms with Crippen LogP contribution >= 0.6 is 23.2 Å². The first-order valence-electron chi connectivity index (χ1n) is 7.37. The summed E-state index contributed by atoms with van der Waals surface area (Å²) in [6.07, 6.45) is 3.08. The third-order valence-corrected chi connectivity index (χ3v) is 6.20. The van der Waals surface area contributed by atoms with Crippen molar-refractivity contribution in [1.29, 1.82) is 0 Å². The zero-order chi connectivity index (χ0) is 15.6. The van der Waals surface area contributed by atoms with Crippen LogP contribution in [0.3, 0.4) is 0 Å². The number of benzene rings is 1. The monoisotopic (exact) mass is 322 g/mol. The molecule has 3 aliphatic rings. The molecule has 1 nitrogen and oxygen atoms in total. The topological polar surface area (TPSA) is 17.1 Å². The number of hydrogen-bond acceptors (Lipinski definition) is 1. The molecule has 0 spiro atoms. The Morgan fingerprint density at radius 1 is 1.19 bits per heavy atom. The van der Waals surface area contributed by atoms with E-state index in [1.807, 2.05) is 18.2 Å². The summed E-state index contributed by atoms with van der Waals surface area (Å²) in [5, 5.41) is 1.21. The van der Waals surface area contributed by atoms with E-state index in [2.05, 4.69) is 27.7 Å². The summed E-state index contributed by atoms with van der Waals surface area (Å²) in [5.74, 6) is 1.09. The van der Waals surface area contributed by atoms with Crippen LogP contribution in [0.4, 0.5) is 0 Å². The van der Waals surface area contributed by atoms with Crippen LogP contribution in [0.25, 0.3) is 6.08 Å². The Bertz CT molecular complexity index is 655. The fourth-order valence-electron chi connectivity index (χ4n) is 4.32. The Morgan fingerprint density at radius 3 is 2.43 bits per heavy atom. The first-order chi connectivity index (χ1) is 9.65. The van der Waals surface area contributed by atoms with Gasteiger partial charge < -0.3 is 0 Å². The predicted molar refractivity (Wildman–Crippen MR) is 88.6 cm³/mol. The van der Waals surface area contributed by atoms with E-state index in [-0.39, 0.29) is 16.6 Å². The van der Waals surface area contributed by atoms with Crippen LogP contribution in [0, 0.1) is 22.7 Å². The first-order valence-corrected chi connectivity index (χ1v) is 8.12. The van der Waals surface area contributed by atoms with E-state index in [0.29, 0.717) is 21.9 Å². The quantitative estimate of drug-likeness (QED) is 0.611. The second kappa shape index (κ2) is 4.60. The van der Waals surface area contributed by atoms with E-state index in [0.717, 1.165) is 17.6 Å². The minimum Gasteiger partial charge on any atom is -0.294 e. The summed E-state index contributed by atoms with van der Waals surface area (Å²) in [6, 6.07) is 5.42. The molecule has 1 aromatic rings. The molecule has 2 atom stereocenters. The van der Waals surface area contributed by atoms with E-state index in [9.17, 15) is 4.79 Å². The third kappa shape index (κ3) is 2.09. The van der Waals surface area contributed by atoms with Crippen LogP contribution in [0.2, 0.25) is 10.0 Å². The highest BCUT2D eigenvalue weighted by Gasteiger charge is 2.63. The Labute approximate surface area is 136 Å². The van der Waals surface area contributed by atoms with E-state index in [1.165, 1.54) is 0 Å². The minimum absolute atomic E-state index is 0.183. The van der Waals surface area contributed by atoms with E-state index < -0.39 is 0 Å². The van der Waals surface area contributed by atoms with Crippen molar-refractivity contribution in [1.82, 2.24) is 0 Å². The second-order valence-electron chi connectivity index (χ2n) is 7.48. The van der Waals surface area contributed by atoms with Gasteiger partial charge in [-0.1, -0.05) is 57.0 Å². The Hall–Kier alpha value is -0.790. The van der Waals surface area contributed by atoms with E-state index in [4.69, 9.17) is 23.2 Å². The van der Waals surface area contributed by atoms with Crippen LogP contribution in [0.1, 0.15) is 39.7 Å². The molecule has 0 radical (unpaired) electrons. The average Bonchev–Trinajstić information content (AvgIpc) is 2.36. The van der Waals surface area contributed by atoms with Crippen molar-refractivity contribution in [2.75, 3.05) is 0 Å². The number of hydrogen-bond donors (Lipinski definition) is 0. The van der Waals surface area contributed by atoms with Gasteiger partial charge in [-0.3, -0.25) is 4.79 Å². The molecule has 3 heteroatoms. The number of allylic oxidation sites excluding steroid dienone is 1. The van der Waals surface area contributed by atoms with E-state index in [1.54, 1.807) is 6.07 Å². The summed E-state index contributed by atoms with van der Waals surface area (Å²) < 4.78 is 0. The maximum atomic E-state index is 12.8. The van der Waals surface area contributed by atoms with Gasteiger partial charge in [0.25, 0.3) is 0 Å². The molecule has 4 rings (SSSR count). The van der Waals surface area contributed by atoms with Crippen molar-refractivity contribution in [3.63, 3.8) is 0 Å². The van der Waals surface area contributed by atoms with Gasteiger partial charge in [-0.05, 0) is 53.0 Å². The fraction of sp³-hybridized carbons (Fsp3) is 0.500. The lowest BCUT2D eigenvalue weighted by Gasteiger charge is -2.63. The molecule has 3 fully saturated rings. The van der Waals surface area contributed by atoms with Gasteiger partial charge in [0.1, 0.15) is 0 Å². The smallest absolute Gasteiger partial charge is 0.165 e. The number of ketones is 1. The SMILES string of the molecule is CC1(C)C(=O)/C(=C\c2ccc(Cl)cc2Cl)[C@H]2C[C@@H]1C2(C)C. The van der Waals surface area contributed by atoms with Gasteiger partial charge in [0.05, 0.1) is 0 Å². The molecular weight excluding hydrogens is 303 g/mol. The van der Waals surface area contributed by atoms with Crippen molar-refractivity contribution in [3.8, 4) is 0 Å². The molecule has 21 heavy (non-hydrogen) atoms. The Morgan fingerprint density at radius 2 is 1.86 bits per heavy atom. The van der Waals surface area contributed by atoms with Crippen LogP contribution in [0.5, 0.6) is 0 Å². The largest absolute Gasteiger partial charge is 0.294 e. The number of Topliss-reactive ketones (excluding diaryl/α,β-unsaturated/α-hetero) is 1. The van der Waals surface area contributed by atoms with Crippen molar-refractivity contribution in [2.24, 2.45) is 22.7 Å². The van der Waals surface area contributed by atoms with Gasteiger partial charge in [-0.2, -0.15) is 0 Å². The summed E-state index contributed by atoms with van der Waals surface area (Å²) in [4.78, 5) is 12.8. The molecule has 0 heterocycles. The number of carbonyl (C=O) groups excluding carboxylic acids is 1. The third-order valence-electron chi connectivity index (χ3n) is 5.64. The van der Waals surface area contributed by atoms with Crippen LogP contribution in [-0.2, 0) is 4.79 Å². The maximum absolute atomic E-state index is 12.8. The molecule has 0 aromatic heterocycles. The molecular formula is C18H20Cl2O. The molecule has 0 amide bonds. The minimum atomic E-state index is -0.289. The molecule has 0 aliphatic heterocycles. The molecule has 3 saturated carbocycles. The highest BCUT2D eigenvalue weighted by molar-refractivity contribution is 6.35. The van der Waals surface area contributed by atoms with Crippen molar-refractivity contribution < 1.29 is 4.79 Å². The summed E-state index contributed by atoms with van der Waals surface area (Å²) in [6.45, 7) is 8.71. The van der Waals surface area contributed by atoms with Gasteiger partial charge in [-0.25, -0.2) is 0 Å². The summed E-state index contributed by atoms with van der Waals surface area (Å²) >= 11 is 12.2. The average molecular weight is 323 g/mol. The first kappa shape index (κ1) is 15.1. The molecule has 2 bridgehead atoms. The van der Waals surface area contributed by atoms with Crippen molar-refractivity contribution in [3.05, 3.63) is 39.4 Å². The lowest BCUT2D eigenvalue weighted by Crippen LogP contribution is -2.61. The van der Waals surface area contributed by atoms with Gasteiger partial charge in [0.2, 0.25) is 0 Å². The number of fused-ring (bicyclic) bond motifs is 2.